The molecule has 112 valence electrons. The molecule has 4 fully saturated rings. The zero-order valence-electron chi connectivity index (χ0n) is 11.8. The average Bonchev–Trinajstić information content (AvgIpc) is 2.24. The van der Waals surface area contributed by atoms with E-state index in [-0.39, 0.29) is 24.7 Å². The Morgan fingerprint density at radius 1 is 0.900 bits per heavy atom. The summed E-state index contributed by atoms with van der Waals surface area (Å²) in [7, 11) is 0. The molecular formula is C15H22O5. The molecule has 5 nitrogen and oxygen atoms in total. The first-order valence-corrected chi connectivity index (χ1v) is 7.38. The SMILES string of the molecule is CCCC12CC3(O)CC(C(=O)O)(C1)CC(C(=O)O)(C3)C2. The van der Waals surface area contributed by atoms with Gasteiger partial charge in [-0.15, -0.1) is 0 Å². The quantitative estimate of drug-likeness (QED) is 0.733. The maximum atomic E-state index is 11.8. The lowest BCUT2D eigenvalue weighted by Crippen LogP contribution is -2.67. The second-order valence-corrected chi connectivity index (χ2v) is 7.71. The Kier molecular flexibility index (Phi) is 2.60. The van der Waals surface area contributed by atoms with Crippen LogP contribution in [0.4, 0.5) is 0 Å². The normalized spacial score (nSPS) is 49.3. The second-order valence-electron chi connectivity index (χ2n) is 7.71. The van der Waals surface area contributed by atoms with Gasteiger partial charge in [-0.3, -0.25) is 9.59 Å². The number of carboxylic acid groups (broad SMARTS) is 2. The van der Waals surface area contributed by atoms with E-state index in [1.807, 2.05) is 6.92 Å². The summed E-state index contributed by atoms with van der Waals surface area (Å²) in [4.78, 5) is 23.6. The smallest absolute Gasteiger partial charge is 0.309 e. The number of carboxylic acids is 2. The molecule has 0 heterocycles. The topological polar surface area (TPSA) is 94.8 Å². The molecule has 0 aliphatic heterocycles. The predicted molar refractivity (Wildman–Crippen MR) is 70.1 cm³/mol. The molecule has 0 radical (unpaired) electrons. The van der Waals surface area contributed by atoms with Crippen molar-refractivity contribution in [2.24, 2.45) is 16.2 Å². The monoisotopic (exact) mass is 282 g/mol. The molecule has 5 heteroatoms. The lowest BCUT2D eigenvalue weighted by atomic mass is 9.37. The predicted octanol–water partition coefficient (Wildman–Crippen LogP) is 2.03. The fourth-order valence-electron chi connectivity index (χ4n) is 6.04. The van der Waals surface area contributed by atoms with Gasteiger partial charge in [0.05, 0.1) is 16.4 Å². The molecule has 0 aromatic rings. The minimum atomic E-state index is -1.11. The minimum absolute atomic E-state index is 0.179. The van der Waals surface area contributed by atoms with Crippen molar-refractivity contribution in [1.29, 1.82) is 0 Å². The van der Waals surface area contributed by atoms with Crippen molar-refractivity contribution in [3.05, 3.63) is 0 Å². The van der Waals surface area contributed by atoms with Crippen LogP contribution < -0.4 is 0 Å². The van der Waals surface area contributed by atoms with Gasteiger partial charge in [-0.2, -0.15) is 0 Å². The molecular weight excluding hydrogens is 260 g/mol. The second kappa shape index (κ2) is 3.75. The van der Waals surface area contributed by atoms with Crippen LogP contribution in [0.2, 0.25) is 0 Å². The summed E-state index contributed by atoms with van der Waals surface area (Å²) in [5.41, 5.74) is -3.51. The molecule has 0 aromatic carbocycles. The van der Waals surface area contributed by atoms with Gasteiger partial charge in [-0.1, -0.05) is 13.3 Å². The van der Waals surface area contributed by atoms with Crippen LogP contribution in [0.15, 0.2) is 0 Å². The molecule has 0 amide bonds. The summed E-state index contributed by atoms with van der Waals surface area (Å²) >= 11 is 0. The number of aliphatic carboxylic acids is 2. The van der Waals surface area contributed by atoms with Gasteiger partial charge in [0.15, 0.2) is 0 Å². The summed E-state index contributed by atoms with van der Waals surface area (Å²) in [6.07, 6.45) is 3.93. The molecule has 0 saturated heterocycles. The Labute approximate surface area is 118 Å². The zero-order chi connectivity index (χ0) is 14.8. The van der Waals surface area contributed by atoms with Gasteiger partial charge in [0.1, 0.15) is 0 Å². The van der Waals surface area contributed by atoms with Crippen molar-refractivity contribution in [2.75, 3.05) is 0 Å². The van der Waals surface area contributed by atoms with Gasteiger partial charge in [-0.25, -0.2) is 0 Å². The van der Waals surface area contributed by atoms with Crippen molar-refractivity contribution < 1.29 is 24.9 Å². The Morgan fingerprint density at radius 3 is 1.80 bits per heavy atom. The number of hydrogen-bond acceptors (Lipinski definition) is 3. The van der Waals surface area contributed by atoms with Crippen LogP contribution in [-0.2, 0) is 9.59 Å². The van der Waals surface area contributed by atoms with Crippen LogP contribution in [0.5, 0.6) is 0 Å². The zero-order valence-corrected chi connectivity index (χ0v) is 11.8. The van der Waals surface area contributed by atoms with Gasteiger partial charge < -0.3 is 15.3 Å². The van der Waals surface area contributed by atoms with Crippen LogP contribution in [0.3, 0.4) is 0 Å². The summed E-state index contributed by atoms with van der Waals surface area (Å²) in [5.74, 6) is -1.86. The average molecular weight is 282 g/mol. The summed E-state index contributed by atoms with van der Waals surface area (Å²) in [6, 6.07) is 0. The van der Waals surface area contributed by atoms with Crippen molar-refractivity contribution in [2.45, 2.75) is 63.9 Å². The van der Waals surface area contributed by atoms with Crippen LogP contribution in [0, 0.1) is 16.2 Å². The van der Waals surface area contributed by atoms with Gasteiger partial charge in [-0.05, 0) is 50.4 Å². The van der Waals surface area contributed by atoms with E-state index < -0.39 is 28.4 Å². The van der Waals surface area contributed by atoms with Crippen molar-refractivity contribution in [1.82, 2.24) is 0 Å². The highest BCUT2D eigenvalue weighted by molar-refractivity contribution is 5.81. The van der Waals surface area contributed by atoms with E-state index >= 15 is 0 Å². The minimum Gasteiger partial charge on any atom is -0.481 e. The van der Waals surface area contributed by atoms with E-state index in [9.17, 15) is 24.9 Å². The Bertz CT molecular complexity index is 453. The Morgan fingerprint density at radius 2 is 1.40 bits per heavy atom. The molecule has 4 saturated carbocycles. The standard InChI is InChI=1S/C15H22O5/c1-2-3-12-4-13(10(16)17)7-14(5-12,11(18)19)9-15(20,6-12)8-13/h20H,2-9H2,1H3,(H,16,17)(H,18,19). The third-order valence-corrected chi connectivity index (χ3v) is 5.83. The number of rotatable bonds is 4. The molecule has 0 aromatic heterocycles. The van der Waals surface area contributed by atoms with Gasteiger partial charge in [0.25, 0.3) is 0 Å². The molecule has 0 spiro atoms. The first kappa shape index (κ1) is 13.9. The highest BCUT2D eigenvalue weighted by Gasteiger charge is 2.72. The van der Waals surface area contributed by atoms with E-state index in [1.54, 1.807) is 0 Å². The van der Waals surface area contributed by atoms with E-state index in [0.29, 0.717) is 19.3 Å². The molecule has 2 atom stereocenters. The number of hydrogen-bond donors (Lipinski definition) is 3. The lowest BCUT2D eigenvalue weighted by molar-refractivity contribution is -0.243. The van der Waals surface area contributed by atoms with E-state index in [1.165, 1.54) is 0 Å². The van der Waals surface area contributed by atoms with Crippen molar-refractivity contribution >= 4 is 11.9 Å². The molecule has 3 N–H and O–H groups in total. The molecule has 4 bridgehead atoms. The Balaban J connectivity index is 2.12. The van der Waals surface area contributed by atoms with E-state index in [0.717, 1.165) is 12.8 Å². The number of aliphatic hydroxyl groups is 1. The molecule has 2 unspecified atom stereocenters. The summed E-state index contributed by atoms with van der Waals surface area (Å²) < 4.78 is 0. The maximum Gasteiger partial charge on any atom is 0.309 e. The highest BCUT2D eigenvalue weighted by atomic mass is 16.4. The Hall–Kier alpha value is -1.10. The van der Waals surface area contributed by atoms with Gasteiger partial charge in [0.2, 0.25) is 0 Å². The van der Waals surface area contributed by atoms with Crippen LogP contribution in [0.1, 0.15) is 58.3 Å². The van der Waals surface area contributed by atoms with Gasteiger partial charge in [0, 0.05) is 0 Å². The van der Waals surface area contributed by atoms with Crippen molar-refractivity contribution in [3.8, 4) is 0 Å². The summed E-state index contributed by atoms with van der Waals surface area (Å²) in [5, 5.41) is 30.1. The van der Waals surface area contributed by atoms with Crippen molar-refractivity contribution in [3.63, 3.8) is 0 Å². The highest BCUT2D eigenvalue weighted by Crippen LogP contribution is 2.72. The lowest BCUT2D eigenvalue weighted by Gasteiger charge is -2.66. The molecule has 20 heavy (non-hydrogen) atoms. The van der Waals surface area contributed by atoms with Gasteiger partial charge >= 0.3 is 11.9 Å². The molecule has 4 rings (SSSR count). The van der Waals surface area contributed by atoms with Crippen LogP contribution in [0.25, 0.3) is 0 Å². The third-order valence-electron chi connectivity index (χ3n) is 5.83. The van der Waals surface area contributed by atoms with E-state index in [4.69, 9.17) is 0 Å². The van der Waals surface area contributed by atoms with Crippen LogP contribution in [-0.4, -0.2) is 32.9 Å². The molecule has 4 aliphatic carbocycles. The maximum absolute atomic E-state index is 11.8. The fraction of sp³-hybridized carbons (Fsp3) is 0.867. The molecule has 4 aliphatic rings. The van der Waals surface area contributed by atoms with Crippen LogP contribution >= 0.6 is 0 Å². The van der Waals surface area contributed by atoms with E-state index in [2.05, 4.69) is 0 Å². The summed E-state index contributed by atoms with van der Waals surface area (Å²) in [6.45, 7) is 2.03. The fourth-order valence-corrected chi connectivity index (χ4v) is 6.04. The first-order chi connectivity index (χ1) is 9.19. The first-order valence-electron chi connectivity index (χ1n) is 7.38. The third kappa shape index (κ3) is 1.65. The number of carbonyl (C=O) groups is 2. The largest absolute Gasteiger partial charge is 0.481 e.